The van der Waals surface area contributed by atoms with Crippen LogP contribution in [0.25, 0.3) is 34.2 Å². The summed E-state index contributed by atoms with van der Waals surface area (Å²) in [4.78, 5) is 8.68. The molecule has 8 heteroatoms. The fourth-order valence-corrected chi connectivity index (χ4v) is 3.14. The van der Waals surface area contributed by atoms with Crippen LogP contribution in [-0.2, 0) is 0 Å². The molecule has 0 bridgehead atoms. The zero-order valence-electron chi connectivity index (χ0n) is 11.1. The largest absolute Gasteiger partial charge is 0.254 e. The molecule has 6 nitrogen and oxygen atoms in total. The predicted octanol–water partition coefficient (Wildman–Crippen LogP) is 3.18. The van der Waals surface area contributed by atoms with Crippen molar-refractivity contribution in [1.29, 1.82) is 0 Å². The highest BCUT2D eigenvalue weighted by Crippen LogP contribution is 2.33. The van der Waals surface area contributed by atoms with Gasteiger partial charge in [0.15, 0.2) is 0 Å². The van der Waals surface area contributed by atoms with Gasteiger partial charge in [0.25, 0.3) is 0 Å². The molecule has 0 amide bonds. The van der Waals surface area contributed by atoms with Gasteiger partial charge in [-0.3, -0.25) is 9.97 Å². The van der Waals surface area contributed by atoms with E-state index in [4.69, 9.17) is 0 Å². The normalized spacial score (nSPS) is 10.7. The average Bonchev–Trinajstić information content (AvgIpc) is 3.25. The molecule has 4 heterocycles. The Morgan fingerprint density at radius 3 is 1.41 bits per heavy atom. The molecule has 4 rings (SSSR count). The summed E-state index contributed by atoms with van der Waals surface area (Å²) in [6.45, 7) is 0. The van der Waals surface area contributed by atoms with Gasteiger partial charge in [-0.2, -0.15) is 17.5 Å². The minimum Gasteiger partial charge on any atom is -0.254 e. The molecule has 0 atom stereocenters. The Morgan fingerprint density at radius 1 is 0.545 bits per heavy atom. The van der Waals surface area contributed by atoms with Crippen LogP contribution in [0.3, 0.4) is 0 Å². The third kappa shape index (κ3) is 2.28. The van der Waals surface area contributed by atoms with E-state index in [9.17, 15) is 0 Å². The summed E-state index contributed by atoms with van der Waals surface area (Å²) in [5.74, 6) is 0. The van der Waals surface area contributed by atoms with Crippen molar-refractivity contribution < 1.29 is 0 Å². The highest BCUT2D eigenvalue weighted by Gasteiger charge is 2.21. The monoisotopic (exact) mass is 324 g/mol. The number of aromatic nitrogens is 6. The zero-order chi connectivity index (χ0) is 14.8. The zero-order valence-corrected chi connectivity index (χ0v) is 12.8. The maximum Gasteiger partial charge on any atom is 0.136 e. The minimum absolute atomic E-state index is 0.693. The second-order valence-corrected chi connectivity index (χ2v) is 5.41. The Hall–Kier alpha value is -2.58. The Labute approximate surface area is 134 Å². The van der Waals surface area contributed by atoms with Crippen molar-refractivity contribution in [3.05, 3.63) is 48.8 Å². The quantitative estimate of drug-likeness (QED) is 0.576. The lowest BCUT2D eigenvalue weighted by atomic mass is 10.1. The van der Waals surface area contributed by atoms with E-state index in [1.54, 1.807) is 12.4 Å². The summed E-state index contributed by atoms with van der Waals surface area (Å²) in [5, 5.41) is 0. The smallest absolute Gasteiger partial charge is 0.136 e. The molecule has 4 aromatic heterocycles. The molecule has 0 aromatic carbocycles. The molecule has 0 saturated carbocycles. The molecular formula is C14H8N6S2. The third-order valence-corrected chi connectivity index (χ3v) is 4.07. The molecule has 0 spiro atoms. The highest BCUT2D eigenvalue weighted by atomic mass is 32.1. The second-order valence-electron chi connectivity index (χ2n) is 4.35. The van der Waals surface area contributed by atoms with Gasteiger partial charge in [0, 0.05) is 12.4 Å². The first kappa shape index (κ1) is 13.1. The van der Waals surface area contributed by atoms with E-state index < -0.39 is 0 Å². The first-order valence-corrected chi connectivity index (χ1v) is 7.88. The molecule has 0 aliphatic heterocycles. The number of hydrogen-bond donors (Lipinski definition) is 0. The summed E-state index contributed by atoms with van der Waals surface area (Å²) in [7, 11) is 0. The molecule has 0 aliphatic rings. The van der Waals surface area contributed by atoms with Crippen LogP contribution in [-0.4, -0.2) is 27.5 Å². The van der Waals surface area contributed by atoms with E-state index in [0.717, 1.165) is 46.2 Å². The van der Waals surface area contributed by atoms with Crippen molar-refractivity contribution in [2.45, 2.75) is 0 Å². The van der Waals surface area contributed by atoms with Crippen LogP contribution < -0.4 is 0 Å². The standard InChI is InChI=1S/C14H8N6S2/c1-3-7-15-9(5-1)11-13(19-21-17-11)14-12(18-22-20-14)10-6-2-4-8-16-10/h1-8H. The Morgan fingerprint density at radius 2 is 1.00 bits per heavy atom. The van der Waals surface area contributed by atoms with Crippen LogP contribution >= 0.6 is 23.5 Å². The molecular weight excluding hydrogens is 316 g/mol. The molecule has 0 unspecified atom stereocenters. The van der Waals surface area contributed by atoms with E-state index in [0.29, 0.717) is 11.4 Å². The van der Waals surface area contributed by atoms with Crippen molar-refractivity contribution in [3.63, 3.8) is 0 Å². The lowest BCUT2D eigenvalue weighted by Gasteiger charge is -2.00. The van der Waals surface area contributed by atoms with Crippen LogP contribution in [0.1, 0.15) is 0 Å². The van der Waals surface area contributed by atoms with E-state index in [-0.39, 0.29) is 0 Å². The summed E-state index contributed by atoms with van der Waals surface area (Å²) in [5.41, 5.74) is 4.36. The Kier molecular flexibility index (Phi) is 3.37. The van der Waals surface area contributed by atoms with Gasteiger partial charge in [0.05, 0.1) is 34.8 Å². The van der Waals surface area contributed by atoms with Gasteiger partial charge in [-0.15, -0.1) is 0 Å². The lowest BCUT2D eigenvalue weighted by molar-refractivity contribution is 1.28. The minimum atomic E-state index is 0.693. The van der Waals surface area contributed by atoms with E-state index in [1.165, 1.54) is 0 Å². The SMILES string of the molecule is c1ccc(-c2nsnc2-c2nsnc2-c2ccccn2)nc1. The number of nitrogens with zero attached hydrogens (tertiary/aromatic N) is 6. The van der Waals surface area contributed by atoms with Crippen LogP contribution in [0.5, 0.6) is 0 Å². The van der Waals surface area contributed by atoms with Gasteiger partial charge in [-0.05, 0) is 24.3 Å². The third-order valence-electron chi connectivity index (χ3n) is 3.02. The van der Waals surface area contributed by atoms with E-state index >= 15 is 0 Å². The maximum atomic E-state index is 4.39. The maximum absolute atomic E-state index is 4.39. The summed E-state index contributed by atoms with van der Waals surface area (Å²) in [6, 6.07) is 11.4. The number of hydrogen-bond acceptors (Lipinski definition) is 8. The Bertz CT molecular complexity index is 812. The van der Waals surface area contributed by atoms with Gasteiger partial charge in [0.1, 0.15) is 22.8 Å². The second kappa shape index (κ2) is 5.66. The molecule has 0 saturated heterocycles. The van der Waals surface area contributed by atoms with Crippen LogP contribution in [0.2, 0.25) is 0 Å². The molecule has 0 fully saturated rings. The van der Waals surface area contributed by atoms with Gasteiger partial charge in [0.2, 0.25) is 0 Å². The molecule has 106 valence electrons. The lowest BCUT2D eigenvalue weighted by Crippen LogP contribution is -1.90. The summed E-state index contributed by atoms with van der Waals surface area (Å²) in [6.07, 6.45) is 3.47. The fraction of sp³-hybridized carbons (Fsp3) is 0. The van der Waals surface area contributed by atoms with E-state index in [2.05, 4.69) is 27.5 Å². The van der Waals surface area contributed by atoms with Crippen LogP contribution in [0.4, 0.5) is 0 Å². The fourth-order valence-electron chi connectivity index (χ4n) is 2.03. The summed E-state index contributed by atoms with van der Waals surface area (Å²) < 4.78 is 17.5. The van der Waals surface area contributed by atoms with Gasteiger partial charge < -0.3 is 0 Å². The molecule has 22 heavy (non-hydrogen) atoms. The molecule has 0 radical (unpaired) electrons. The molecule has 0 aliphatic carbocycles. The predicted molar refractivity (Wildman–Crippen MR) is 85.3 cm³/mol. The van der Waals surface area contributed by atoms with Gasteiger partial charge in [-0.25, -0.2) is 0 Å². The topological polar surface area (TPSA) is 77.3 Å². The van der Waals surface area contributed by atoms with Crippen LogP contribution in [0, 0.1) is 0 Å². The van der Waals surface area contributed by atoms with Gasteiger partial charge in [-0.1, -0.05) is 12.1 Å². The number of pyridine rings is 2. The first-order chi connectivity index (χ1) is 10.9. The van der Waals surface area contributed by atoms with E-state index in [1.807, 2.05) is 36.4 Å². The Balaban J connectivity index is 1.86. The van der Waals surface area contributed by atoms with Crippen molar-refractivity contribution in [1.82, 2.24) is 27.5 Å². The highest BCUT2D eigenvalue weighted by molar-refractivity contribution is 7.00. The first-order valence-electron chi connectivity index (χ1n) is 6.42. The molecule has 4 aromatic rings. The van der Waals surface area contributed by atoms with Crippen molar-refractivity contribution >= 4 is 23.5 Å². The number of rotatable bonds is 3. The van der Waals surface area contributed by atoms with Gasteiger partial charge >= 0.3 is 0 Å². The molecule has 0 N–H and O–H groups in total. The van der Waals surface area contributed by atoms with Crippen molar-refractivity contribution in [2.75, 3.05) is 0 Å². The van der Waals surface area contributed by atoms with Crippen molar-refractivity contribution in [2.24, 2.45) is 0 Å². The summed E-state index contributed by atoms with van der Waals surface area (Å²) >= 11 is 2.28. The van der Waals surface area contributed by atoms with Crippen LogP contribution in [0.15, 0.2) is 48.8 Å². The average molecular weight is 324 g/mol. The van der Waals surface area contributed by atoms with Crippen molar-refractivity contribution in [3.8, 4) is 34.2 Å².